The second-order valence-corrected chi connectivity index (χ2v) is 5.84. The molecule has 2 rings (SSSR count). The first-order valence-corrected chi connectivity index (χ1v) is 7.68. The Kier molecular flexibility index (Phi) is 5.26. The average Bonchev–Trinajstić information content (AvgIpc) is 2.78. The molecule has 0 saturated heterocycles. The summed E-state index contributed by atoms with van der Waals surface area (Å²) < 4.78 is 6.00. The summed E-state index contributed by atoms with van der Waals surface area (Å²) in [6, 6.07) is 7.15. The molecule has 0 aliphatic carbocycles. The molecule has 1 aromatic rings. The van der Waals surface area contributed by atoms with E-state index in [0.29, 0.717) is 12.1 Å². The minimum atomic E-state index is 0.398. The van der Waals surface area contributed by atoms with Gasteiger partial charge in [0.2, 0.25) is 0 Å². The van der Waals surface area contributed by atoms with Crippen LogP contribution in [0.5, 0.6) is 5.75 Å². The first kappa shape index (κ1) is 14.4. The molecule has 0 bridgehead atoms. The van der Waals surface area contributed by atoms with Crippen molar-refractivity contribution in [1.82, 2.24) is 5.32 Å². The number of rotatable bonds is 7. The molecule has 0 amide bonds. The molecule has 19 heavy (non-hydrogen) atoms. The van der Waals surface area contributed by atoms with Gasteiger partial charge in [0.15, 0.2) is 0 Å². The summed E-state index contributed by atoms with van der Waals surface area (Å²) in [5, 5.41) is 3.54. The zero-order valence-electron chi connectivity index (χ0n) is 12.5. The Morgan fingerprint density at radius 1 is 1.42 bits per heavy atom. The van der Waals surface area contributed by atoms with Gasteiger partial charge in [-0.25, -0.2) is 0 Å². The van der Waals surface area contributed by atoms with Gasteiger partial charge in [0.05, 0.1) is 0 Å². The van der Waals surface area contributed by atoms with Gasteiger partial charge in [0.1, 0.15) is 11.9 Å². The van der Waals surface area contributed by atoms with E-state index < -0.39 is 0 Å². The molecule has 0 spiro atoms. The largest absolute Gasteiger partial charge is 0.490 e. The van der Waals surface area contributed by atoms with Crippen molar-refractivity contribution in [3.8, 4) is 5.75 Å². The van der Waals surface area contributed by atoms with E-state index in [9.17, 15) is 0 Å². The molecule has 0 fully saturated rings. The number of benzene rings is 1. The van der Waals surface area contributed by atoms with Crippen LogP contribution in [0.2, 0.25) is 0 Å². The molecular weight excluding hydrogens is 234 g/mol. The third-order valence-electron chi connectivity index (χ3n) is 3.86. The average molecular weight is 261 g/mol. The fourth-order valence-electron chi connectivity index (χ4n) is 2.75. The van der Waals surface area contributed by atoms with E-state index in [1.54, 1.807) is 0 Å². The van der Waals surface area contributed by atoms with Gasteiger partial charge in [-0.05, 0) is 57.7 Å². The summed E-state index contributed by atoms with van der Waals surface area (Å²) in [6.07, 6.45) is 6.37. The lowest BCUT2D eigenvalue weighted by molar-refractivity contribution is 0.215. The minimum Gasteiger partial charge on any atom is -0.490 e. The van der Waals surface area contributed by atoms with Crippen molar-refractivity contribution in [2.24, 2.45) is 0 Å². The SMILES string of the molecule is CCCNC(C)CCCC1Cc2cc(C)ccc2O1. The number of aryl methyl sites for hydroxylation is 1. The Balaban J connectivity index is 1.69. The smallest absolute Gasteiger partial charge is 0.123 e. The third-order valence-corrected chi connectivity index (χ3v) is 3.86. The van der Waals surface area contributed by atoms with E-state index in [2.05, 4.69) is 44.3 Å². The third kappa shape index (κ3) is 4.24. The van der Waals surface area contributed by atoms with Crippen LogP contribution in [0.4, 0.5) is 0 Å². The van der Waals surface area contributed by atoms with Crippen molar-refractivity contribution in [2.75, 3.05) is 6.54 Å². The van der Waals surface area contributed by atoms with E-state index in [1.165, 1.54) is 36.8 Å². The molecule has 1 N–H and O–H groups in total. The number of fused-ring (bicyclic) bond motifs is 1. The molecule has 1 aliphatic heterocycles. The Hall–Kier alpha value is -1.02. The second-order valence-electron chi connectivity index (χ2n) is 5.84. The van der Waals surface area contributed by atoms with Gasteiger partial charge in [-0.2, -0.15) is 0 Å². The lowest BCUT2D eigenvalue weighted by atomic mass is 10.0. The van der Waals surface area contributed by atoms with E-state index in [-0.39, 0.29) is 0 Å². The highest BCUT2D eigenvalue weighted by Gasteiger charge is 2.22. The lowest BCUT2D eigenvalue weighted by Gasteiger charge is -2.15. The molecule has 1 heterocycles. The van der Waals surface area contributed by atoms with Crippen molar-refractivity contribution in [3.05, 3.63) is 29.3 Å². The van der Waals surface area contributed by atoms with Gasteiger partial charge in [0, 0.05) is 12.5 Å². The normalized spacial score (nSPS) is 19.0. The summed E-state index contributed by atoms with van der Waals surface area (Å²) in [5.74, 6) is 1.10. The van der Waals surface area contributed by atoms with Gasteiger partial charge >= 0.3 is 0 Å². The zero-order chi connectivity index (χ0) is 13.7. The van der Waals surface area contributed by atoms with Crippen LogP contribution >= 0.6 is 0 Å². The maximum atomic E-state index is 6.00. The first-order chi connectivity index (χ1) is 9.19. The lowest BCUT2D eigenvalue weighted by Crippen LogP contribution is -2.27. The first-order valence-electron chi connectivity index (χ1n) is 7.68. The van der Waals surface area contributed by atoms with Crippen LogP contribution in [-0.4, -0.2) is 18.7 Å². The maximum Gasteiger partial charge on any atom is 0.123 e. The summed E-state index contributed by atoms with van der Waals surface area (Å²) in [6.45, 7) is 7.77. The Morgan fingerprint density at radius 3 is 3.05 bits per heavy atom. The van der Waals surface area contributed by atoms with Gasteiger partial charge in [-0.3, -0.25) is 0 Å². The Bertz CT molecular complexity index is 402. The molecule has 2 nitrogen and oxygen atoms in total. The molecule has 1 aliphatic rings. The number of nitrogens with one attached hydrogen (secondary N) is 1. The van der Waals surface area contributed by atoms with E-state index in [4.69, 9.17) is 4.74 Å². The standard InChI is InChI=1S/C17H27NO/c1-4-10-18-14(3)6-5-7-16-12-15-11-13(2)8-9-17(15)19-16/h8-9,11,14,16,18H,4-7,10,12H2,1-3H3. The van der Waals surface area contributed by atoms with Crippen molar-refractivity contribution in [2.45, 2.75) is 65.0 Å². The van der Waals surface area contributed by atoms with E-state index in [1.807, 2.05) is 0 Å². The molecule has 106 valence electrons. The van der Waals surface area contributed by atoms with Crippen molar-refractivity contribution in [3.63, 3.8) is 0 Å². The highest BCUT2D eigenvalue weighted by Crippen LogP contribution is 2.31. The molecule has 2 heteroatoms. The molecule has 1 aromatic carbocycles. The fraction of sp³-hybridized carbons (Fsp3) is 0.647. The molecule has 0 saturated carbocycles. The molecule has 0 aromatic heterocycles. The maximum absolute atomic E-state index is 6.00. The van der Waals surface area contributed by atoms with Crippen LogP contribution in [-0.2, 0) is 6.42 Å². The predicted octanol–water partition coefficient (Wildman–Crippen LogP) is 3.86. The molecule has 0 radical (unpaired) electrons. The topological polar surface area (TPSA) is 21.3 Å². The van der Waals surface area contributed by atoms with Crippen molar-refractivity contribution in [1.29, 1.82) is 0 Å². The monoisotopic (exact) mass is 261 g/mol. The van der Waals surface area contributed by atoms with Crippen molar-refractivity contribution < 1.29 is 4.74 Å². The molecular formula is C17H27NO. The van der Waals surface area contributed by atoms with Crippen LogP contribution in [0.25, 0.3) is 0 Å². The summed E-state index contributed by atoms with van der Waals surface area (Å²) in [4.78, 5) is 0. The minimum absolute atomic E-state index is 0.398. The zero-order valence-corrected chi connectivity index (χ0v) is 12.5. The fourth-order valence-corrected chi connectivity index (χ4v) is 2.75. The van der Waals surface area contributed by atoms with E-state index in [0.717, 1.165) is 18.7 Å². The van der Waals surface area contributed by atoms with Crippen molar-refractivity contribution >= 4 is 0 Å². The summed E-state index contributed by atoms with van der Waals surface area (Å²) in [7, 11) is 0. The van der Waals surface area contributed by atoms with E-state index >= 15 is 0 Å². The van der Waals surface area contributed by atoms with Crippen LogP contribution in [0.1, 0.15) is 50.7 Å². The summed E-state index contributed by atoms with van der Waals surface area (Å²) in [5.41, 5.74) is 2.72. The molecule has 2 atom stereocenters. The van der Waals surface area contributed by atoms with Gasteiger partial charge in [0.25, 0.3) is 0 Å². The quantitative estimate of drug-likeness (QED) is 0.805. The van der Waals surface area contributed by atoms with Crippen LogP contribution < -0.4 is 10.1 Å². The van der Waals surface area contributed by atoms with Gasteiger partial charge in [-0.15, -0.1) is 0 Å². The number of hydrogen-bond acceptors (Lipinski definition) is 2. The number of hydrogen-bond donors (Lipinski definition) is 1. The van der Waals surface area contributed by atoms with Gasteiger partial charge in [-0.1, -0.05) is 24.6 Å². The highest BCUT2D eigenvalue weighted by atomic mass is 16.5. The van der Waals surface area contributed by atoms with Crippen LogP contribution in [0.15, 0.2) is 18.2 Å². The van der Waals surface area contributed by atoms with Crippen LogP contribution in [0, 0.1) is 6.92 Å². The number of ether oxygens (including phenoxy) is 1. The van der Waals surface area contributed by atoms with Gasteiger partial charge < -0.3 is 10.1 Å². The Morgan fingerprint density at radius 2 is 2.26 bits per heavy atom. The highest BCUT2D eigenvalue weighted by molar-refractivity contribution is 5.40. The predicted molar refractivity (Wildman–Crippen MR) is 80.9 cm³/mol. The Labute approximate surface area is 117 Å². The van der Waals surface area contributed by atoms with Crippen LogP contribution in [0.3, 0.4) is 0 Å². The molecule has 2 unspecified atom stereocenters. The second kappa shape index (κ2) is 6.95. The summed E-state index contributed by atoms with van der Waals surface area (Å²) >= 11 is 0.